The van der Waals surface area contributed by atoms with E-state index >= 15 is 0 Å². The lowest BCUT2D eigenvalue weighted by atomic mass is 10.0. The minimum atomic E-state index is -3.78. The van der Waals surface area contributed by atoms with Gasteiger partial charge in [-0.25, -0.2) is 17.6 Å². The molecule has 8 heteroatoms. The second kappa shape index (κ2) is 5.86. The van der Waals surface area contributed by atoms with Gasteiger partial charge < -0.3 is 10.8 Å². The number of nitrogens with two attached hydrogens (primary N) is 1. The minimum absolute atomic E-state index is 0. The standard InChI is InChI=1S/C9H8ClF4NO.ClH/c10-7-5(12)2-1-4(11)6(7)8(15)9(13,14)3-16;/h1-2,8,16H,3,15H2;1H/t8-;/m0./s1. The summed E-state index contributed by atoms with van der Waals surface area (Å²) in [6, 6.07) is -0.866. The van der Waals surface area contributed by atoms with Crippen molar-refractivity contribution in [3.05, 3.63) is 34.4 Å². The summed E-state index contributed by atoms with van der Waals surface area (Å²) in [5.41, 5.74) is 4.21. The highest BCUT2D eigenvalue weighted by atomic mass is 35.5. The Hall–Kier alpha value is -0.560. The summed E-state index contributed by atoms with van der Waals surface area (Å²) in [6.07, 6.45) is 0. The van der Waals surface area contributed by atoms with Crippen molar-refractivity contribution >= 4 is 24.0 Å². The van der Waals surface area contributed by atoms with E-state index in [0.29, 0.717) is 12.1 Å². The van der Waals surface area contributed by atoms with E-state index < -0.39 is 40.8 Å². The lowest BCUT2D eigenvalue weighted by molar-refractivity contribution is -0.0719. The summed E-state index contributed by atoms with van der Waals surface area (Å²) in [5.74, 6) is -5.98. The first kappa shape index (κ1) is 16.4. The van der Waals surface area contributed by atoms with Crippen LogP contribution in [0.2, 0.25) is 5.02 Å². The van der Waals surface area contributed by atoms with Gasteiger partial charge in [0.15, 0.2) is 0 Å². The molecule has 1 aromatic carbocycles. The van der Waals surface area contributed by atoms with Gasteiger partial charge in [-0.3, -0.25) is 0 Å². The maximum atomic E-state index is 13.2. The molecule has 1 aromatic rings. The Morgan fingerprint density at radius 3 is 2.24 bits per heavy atom. The largest absolute Gasteiger partial charge is 0.390 e. The van der Waals surface area contributed by atoms with E-state index in [1.807, 2.05) is 0 Å². The van der Waals surface area contributed by atoms with Crippen molar-refractivity contribution in [2.24, 2.45) is 5.73 Å². The maximum absolute atomic E-state index is 13.2. The molecule has 1 atom stereocenters. The van der Waals surface area contributed by atoms with Crippen LogP contribution in [-0.2, 0) is 0 Å². The lowest BCUT2D eigenvalue weighted by Crippen LogP contribution is -2.37. The average Bonchev–Trinajstić information content (AvgIpc) is 2.24. The second-order valence-electron chi connectivity index (χ2n) is 3.15. The van der Waals surface area contributed by atoms with Gasteiger partial charge >= 0.3 is 0 Å². The third-order valence-electron chi connectivity index (χ3n) is 2.06. The van der Waals surface area contributed by atoms with Crippen LogP contribution in [0.25, 0.3) is 0 Å². The molecule has 0 saturated carbocycles. The van der Waals surface area contributed by atoms with Crippen molar-refractivity contribution in [1.82, 2.24) is 0 Å². The Labute approximate surface area is 106 Å². The molecule has 0 aliphatic carbocycles. The summed E-state index contributed by atoms with van der Waals surface area (Å²) in [7, 11) is 0. The molecule has 0 fully saturated rings. The molecule has 2 nitrogen and oxygen atoms in total. The fraction of sp³-hybridized carbons (Fsp3) is 0.333. The normalized spacial score (nSPS) is 13.1. The van der Waals surface area contributed by atoms with Crippen LogP contribution in [0.15, 0.2) is 12.1 Å². The smallest absolute Gasteiger partial charge is 0.289 e. The first-order valence-corrected chi connectivity index (χ1v) is 4.56. The van der Waals surface area contributed by atoms with Gasteiger partial charge in [0.1, 0.15) is 24.3 Å². The summed E-state index contributed by atoms with van der Waals surface area (Å²) >= 11 is 5.35. The summed E-state index contributed by atoms with van der Waals surface area (Å²) < 4.78 is 52.2. The van der Waals surface area contributed by atoms with Gasteiger partial charge in [-0.05, 0) is 12.1 Å². The van der Waals surface area contributed by atoms with Crippen LogP contribution in [0.3, 0.4) is 0 Å². The van der Waals surface area contributed by atoms with E-state index in [4.69, 9.17) is 22.4 Å². The van der Waals surface area contributed by atoms with Crippen LogP contribution >= 0.6 is 24.0 Å². The summed E-state index contributed by atoms with van der Waals surface area (Å²) in [4.78, 5) is 0. The number of hydrogen-bond acceptors (Lipinski definition) is 2. The third kappa shape index (κ3) is 3.22. The highest BCUT2D eigenvalue weighted by Gasteiger charge is 2.40. The van der Waals surface area contributed by atoms with Crippen molar-refractivity contribution in [1.29, 1.82) is 0 Å². The molecule has 0 aliphatic heterocycles. The zero-order valence-electron chi connectivity index (χ0n) is 8.26. The number of rotatable bonds is 3. The van der Waals surface area contributed by atoms with Crippen LogP contribution in [0.1, 0.15) is 11.6 Å². The number of benzene rings is 1. The molecule has 0 bridgehead atoms. The molecule has 0 amide bonds. The average molecular weight is 294 g/mol. The van der Waals surface area contributed by atoms with Crippen molar-refractivity contribution < 1.29 is 22.7 Å². The molecule has 0 radical (unpaired) electrons. The third-order valence-corrected chi connectivity index (χ3v) is 2.44. The monoisotopic (exact) mass is 293 g/mol. The second-order valence-corrected chi connectivity index (χ2v) is 3.53. The Bertz CT molecular complexity index is 403. The SMILES string of the molecule is Cl.N[C@@H](c1c(F)ccc(F)c1Cl)C(F)(F)CO. The number of alkyl halides is 2. The Morgan fingerprint density at radius 2 is 1.76 bits per heavy atom. The predicted molar refractivity (Wildman–Crippen MR) is 57.6 cm³/mol. The van der Waals surface area contributed by atoms with Crippen molar-refractivity contribution in [3.8, 4) is 0 Å². The molecule has 1 rings (SSSR count). The van der Waals surface area contributed by atoms with E-state index in [1.54, 1.807) is 0 Å². The van der Waals surface area contributed by atoms with Crippen LogP contribution in [0.5, 0.6) is 0 Å². The van der Waals surface area contributed by atoms with Crippen molar-refractivity contribution in [3.63, 3.8) is 0 Å². The molecule has 0 aliphatic rings. The number of hydrogen-bond donors (Lipinski definition) is 2. The molecule has 0 aromatic heterocycles. The van der Waals surface area contributed by atoms with E-state index in [-0.39, 0.29) is 12.4 Å². The van der Waals surface area contributed by atoms with Gasteiger partial charge in [0, 0.05) is 5.56 Å². The van der Waals surface area contributed by atoms with Crippen molar-refractivity contribution in [2.75, 3.05) is 6.61 Å². The molecule has 0 saturated heterocycles. The molecule has 0 heterocycles. The maximum Gasteiger partial charge on any atom is 0.289 e. The van der Waals surface area contributed by atoms with Gasteiger partial charge in [-0.2, -0.15) is 0 Å². The summed E-state index contributed by atoms with van der Waals surface area (Å²) in [5, 5.41) is 7.58. The van der Waals surface area contributed by atoms with Crippen molar-refractivity contribution in [2.45, 2.75) is 12.0 Å². The van der Waals surface area contributed by atoms with E-state index in [9.17, 15) is 17.6 Å². The molecule has 17 heavy (non-hydrogen) atoms. The van der Waals surface area contributed by atoms with Crippen LogP contribution in [0.4, 0.5) is 17.6 Å². The minimum Gasteiger partial charge on any atom is -0.390 e. The molecule has 98 valence electrons. The molecular weight excluding hydrogens is 285 g/mol. The quantitative estimate of drug-likeness (QED) is 0.665. The Morgan fingerprint density at radius 1 is 1.29 bits per heavy atom. The number of halogens is 6. The zero-order valence-corrected chi connectivity index (χ0v) is 9.83. The van der Waals surface area contributed by atoms with Gasteiger partial charge in [-0.15, -0.1) is 12.4 Å². The van der Waals surface area contributed by atoms with Crippen LogP contribution < -0.4 is 5.73 Å². The van der Waals surface area contributed by atoms with Gasteiger partial charge in [-0.1, -0.05) is 11.6 Å². The topological polar surface area (TPSA) is 46.2 Å². The first-order chi connectivity index (χ1) is 7.31. The Balaban J connectivity index is 0.00000256. The van der Waals surface area contributed by atoms with Gasteiger partial charge in [0.2, 0.25) is 0 Å². The highest BCUT2D eigenvalue weighted by Crippen LogP contribution is 2.35. The zero-order chi connectivity index (χ0) is 12.5. The number of aliphatic hydroxyl groups excluding tert-OH is 1. The highest BCUT2D eigenvalue weighted by molar-refractivity contribution is 6.31. The molecule has 0 unspecified atom stereocenters. The summed E-state index contributed by atoms with van der Waals surface area (Å²) in [6.45, 7) is -1.58. The van der Waals surface area contributed by atoms with E-state index in [0.717, 1.165) is 0 Å². The first-order valence-electron chi connectivity index (χ1n) is 4.19. The van der Waals surface area contributed by atoms with Gasteiger partial charge in [0.05, 0.1) is 5.02 Å². The van der Waals surface area contributed by atoms with E-state index in [2.05, 4.69) is 0 Å². The van der Waals surface area contributed by atoms with Gasteiger partial charge in [0.25, 0.3) is 5.92 Å². The number of aliphatic hydroxyl groups is 1. The predicted octanol–water partition coefficient (Wildman–Crippen LogP) is 2.67. The van der Waals surface area contributed by atoms with Crippen LogP contribution in [0, 0.1) is 11.6 Å². The molecular formula is C9H9Cl2F4NO. The molecule has 0 spiro atoms. The fourth-order valence-corrected chi connectivity index (χ4v) is 1.41. The van der Waals surface area contributed by atoms with E-state index in [1.165, 1.54) is 0 Å². The fourth-order valence-electron chi connectivity index (χ4n) is 1.14. The lowest BCUT2D eigenvalue weighted by Gasteiger charge is -2.23. The van der Waals surface area contributed by atoms with Crippen LogP contribution in [-0.4, -0.2) is 17.6 Å². The Kier molecular flexibility index (Phi) is 5.67. The molecule has 3 N–H and O–H groups in total.